The Morgan fingerprint density at radius 3 is 2.81 bits per heavy atom. The molecule has 1 aliphatic heterocycles. The van der Waals surface area contributed by atoms with Gasteiger partial charge in [-0.05, 0) is 17.5 Å². The third-order valence-corrected chi connectivity index (χ3v) is 3.96. The van der Waals surface area contributed by atoms with Crippen molar-refractivity contribution in [2.45, 2.75) is 26.3 Å². The van der Waals surface area contributed by atoms with Crippen molar-refractivity contribution in [1.29, 1.82) is 0 Å². The fraction of sp³-hybridized carbons (Fsp3) is 0.462. The number of hydrogen-bond donors (Lipinski definition) is 0. The van der Waals surface area contributed by atoms with E-state index in [1.807, 2.05) is 23.1 Å². The Labute approximate surface area is 105 Å². The van der Waals surface area contributed by atoms with Crippen LogP contribution >= 0.6 is 15.9 Å². The molecule has 0 aliphatic carbocycles. The zero-order chi connectivity index (χ0) is 11.5. The van der Waals surface area contributed by atoms with E-state index in [9.17, 15) is 4.79 Å². The van der Waals surface area contributed by atoms with Crippen LogP contribution in [0.15, 0.2) is 28.7 Å². The van der Waals surface area contributed by atoms with E-state index in [0.29, 0.717) is 11.8 Å². The number of likely N-dealkylation sites (tertiary alicyclic amines) is 1. The number of carbonyl (C=O) groups excluding carboxylic acids is 1. The first-order valence-electron chi connectivity index (χ1n) is 5.72. The largest absolute Gasteiger partial charge is 0.338 e. The van der Waals surface area contributed by atoms with Gasteiger partial charge >= 0.3 is 0 Å². The summed E-state index contributed by atoms with van der Waals surface area (Å²) in [5.74, 6) is 0.845. The van der Waals surface area contributed by atoms with Gasteiger partial charge in [0.25, 0.3) is 0 Å². The summed E-state index contributed by atoms with van der Waals surface area (Å²) >= 11 is 3.52. The van der Waals surface area contributed by atoms with Gasteiger partial charge in [-0.3, -0.25) is 4.79 Å². The maximum absolute atomic E-state index is 11.8. The molecule has 1 aromatic carbocycles. The molecule has 2 rings (SSSR count). The first-order chi connectivity index (χ1) is 7.70. The molecule has 0 saturated carbocycles. The van der Waals surface area contributed by atoms with Gasteiger partial charge < -0.3 is 4.90 Å². The van der Waals surface area contributed by atoms with Gasteiger partial charge in [0, 0.05) is 24.0 Å². The van der Waals surface area contributed by atoms with Gasteiger partial charge in [0.15, 0.2) is 0 Å². The lowest BCUT2D eigenvalue weighted by atomic mass is 10.1. The first kappa shape index (κ1) is 11.6. The fourth-order valence-electron chi connectivity index (χ4n) is 2.11. The van der Waals surface area contributed by atoms with Crippen LogP contribution in [0.5, 0.6) is 0 Å². The average molecular weight is 282 g/mol. The second-order valence-electron chi connectivity index (χ2n) is 4.34. The number of carbonyl (C=O) groups is 1. The SMILES string of the molecule is CCC1CC(=O)N(Cc2ccccc2Br)C1. The van der Waals surface area contributed by atoms with E-state index in [-0.39, 0.29) is 0 Å². The molecule has 0 radical (unpaired) electrons. The Morgan fingerprint density at radius 2 is 2.19 bits per heavy atom. The van der Waals surface area contributed by atoms with E-state index in [0.717, 1.165) is 30.4 Å². The first-order valence-corrected chi connectivity index (χ1v) is 6.51. The van der Waals surface area contributed by atoms with Crippen LogP contribution in [0.1, 0.15) is 25.3 Å². The maximum atomic E-state index is 11.8. The zero-order valence-corrected chi connectivity index (χ0v) is 11.0. The number of halogens is 1. The Morgan fingerprint density at radius 1 is 1.44 bits per heavy atom. The summed E-state index contributed by atoms with van der Waals surface area (Å²) in [6, 6.07) is 8.09. The molecule has 1 saturated heterocycles. The average Bonchev–Trinajstić information content (AvgIpc) is 2.63. The third kappa shape index (κ3) is 2.46. The number of amides is 1. The molecule has 1 fully saturated rings. The monoisotopic (exact) mass is 281 g/mol. The molecular formula is C13H16BrNO. The summed E-state index contributed by atoms with van der Waals surface area (Å²) in [5, 5.41) is 0. The van der Waals surface area contributed by atoms with Crippen molar-refractivity contribution in [3.05, 3.63) is 34.3 Å². The molecule has 1 amide bonds. The van der Waals surface area contributed by atoms with Crippen LogP contribution in [0.2, 0.25) is 0 Å². The topological polar surface area (TPSA) is 20.3 Å². The molecule has 0 bridgehead atoms. The van der Waals surface area contributed by atoms with Crippen molar-refractivity contribution < 1.29 is 4.79 Å². The number of hydrogen-bond acceptors (Lipinski definition) is 1. The lowest BCUT2D eigenvalue weighted by Crippen LogP contribution is -2.24. The van der Waals surface area contributed by atoms with Crippen LogP contribution < -0.4 is 0 Å². The van der Waals surface area contributed by atoms with Crippen molar-refractivity contribution in [2.75, 3.05) is 6.54 Å². The molecule has 2 nitrogen and oxygen atoms in total. The molecule has 1 aliphatic rings. The Hall–Kier alpha value is -0.830. The molecule has 0 aromatic heterocycles. The second-order valence-corrected chi connectivity index (χ2v) is 5.20. The van der Waals surface area contributed by atoms with E-state index >= 15 is 0 Å². The minimum Gasteiger partial charge on any atom is -0.338 e. The zero-order valence-electron chi connectivity index (χ0n) is 9.45. The van der Waals surface area contributed by atoms with Crippen LogP contribution in [0.25, 0.3) is 0 Å². The Balaban J connectivity index is 2.06. The quantitative estimate of drug-likeness (QED) is 0.833. The number of rotatable bonds is 3. The lowest BCUT2D eigenvalue weighted by Gasteiger charge is -2.17. The Kier molecular flexibility index (Phi) is 3.64. The van der Waals surface area contributed by atoms with Crippen molar-refractivity contribution >= 4 is 21.8 Å². The second kappa shape index (κ2) is 5.00. The number of benzene rings is 1. The van der Waals surface area contributed by atoms with E-state index in [4.69, 9.17) is 0 Å². The molecule has 86 valence electrons. The van der Waals surface area contributed by atoms with E-state index in [2.05, 4.69) is 28.9 Å². The van der Waals surface area contributed by atoms with Gasteiger partial charge in [0.1, 0.15) is 0 Å². The predicted octanol–water partition coefficient (Wildman–Crippen LogP) is 3.21. The standard InChI is InChI=1S/C13H16BrNO/c1-2-10-7-13(16)15(8-10)9-11-5-3-4-6-12(11)14/h3-6,10H,2,7-9H2,1H3. The molecular weight excluding hydrogens is 266 g/mol. The lowest BCUT2D eigenvalue weighted by molar-refractivity contribution is -0.128. The van der Waals surface area contributed by atoms with E-state index < -0.39 is 0 Å². The van der Waals surface area contributed by atoms with Crippen LogP contribution in [0.3, 0.4) is 0 Å². The van der Waals surface area contributed by atoms with Crippen molar-refractivity contribution in [1.82, 2.24) is 4.90 Å². The van der Waals surface area contributed by atoms with Gasteiger partial charge in [0.05, 0.1) is 0 Å². The highest BCUT2D eigenvalue weighted by Gasteiger charge is 2.28. The fourth-order valence-corrected chi connectivity index (χ4v) is 2.52. The normalized spacial score (nSPS) is 20.5. The highest BCUT2D eigenvalue weighted by Crippen LogP contribution is 2.24. The van der Waals surface area contributed by atoms with Crippen molar-refractivity contribution in [3.63, 3.8) is 0 Å². The molecule has 16 heavy (non-hydrogen) atoms. The smallest absolute Gasteiger partial charge is 0.223 e. The van der Waals surface area contributed by atoms with Crippen molar-refractivity contribution in [2.24, 2.45) is 5.92 Å². The Bertz CT molecular complexity index is 391. The van der Waals surface area contributed by atoms with Crippen LogP contribution in [-0.4, -0.2) is 17.4 Å². The van der Waals surface area contributed by atoms with E-state index in [1.54, 1.807) is 0 Å². The maximum Gasteiger partial charge on any atom is 0.223 e. The molecule has 3 heteroatoms. The molecule has 1 unspecified atom stereocenters. The molecule has 0 spiro atoms. The van der Waals surface area contributed by atoms with Gasteiger partial charge in [-0.2, -0.15) is 0 Å². The van der Waals surface area contributed by atoms with Gasteiger partial charge in [-0.15, -0.1) is 0 Å². The summed E-state index contributed by atoms with van der Waals surface area (Å²) in [5.41, 5.74) is 1.19. The summed E-state index contributed by atoms with van der Waals surface area (Å²) in [6.07, 6.45) is 1.82. The molecule has 1 atom stereocenters. The van der Waals surface area contributed by atoms with Gasteiger partial charge in [-0.25, -0.2) is 0 Å². The number of nitrogens with zero attached hydrogens (tertiary/aromatic N) is 1. The minimum absolute atomic E-state index is 0.294. The van der Waals surface area contributed by atoms with Gasteiger partial charge in [-0.1, -0.05) is 47.5 Å². The summed E-state index contributed by atoms with van der Waals surface area (Å²) in [6.45, 7) is 3.80. The van der Waals surface area contributed by atoms with Crippen LogP contribution in [0.4, 0.5) is 0 Å². The summed E-state index contributed by atoms with van der Waals surface area (Å²) in [4.78, 5) is 13.7. The van der Waals surface area contributed by atoms with E-state index in [1.165, 1.54) is 5.56 Å². The van der Waals surface area contributed by atoms with Crippen LogP contribution in [0, 0.1) is 5.92 Å². The molecule has 1 aromatic rings. The highest BCUT2D eigenvalue weighted by atomic mass is 79.9. The molecule has 1 heterocycles. The molecule has 0 N–H and O–H groups in total. The highest BCUT2D eigenvalue weighted by molar-refractivity contribution is 9.10. The van der Waals surface area contributed by atoms with Crippen LogP contribution in [-0.2, 0) is 11.3 Å². The minimum atomic E-state index is 0.294. The third-order valence-electron chi connectivity index (χ3n) is 3.19. The summed E-state index contributed by atoms with van der Waals surface area (Å²) < 4.78 is 1.09. The van der Waals surface area contributed by atoms with Crippen molar-refractivity contribution in [3.8, 4) is 0 Å². The predicted molar refractivity (Wildman–Crippen MR) is 68.0 cm³/mol. The van der Waals surface area contributed by atoms with Gasteiger partial charge in [0.2, 0.25) is 5.91 Å². The summed E-state index contributed by atoms with van der Waals surface area (Å²) in [7, 11) is 0.